The molecule has 4 aromatic rings. The third-order valence-corrected chi connectivity index (χ3v) is 6.68. The Bertz CT molecular complexity index is 1140. The summed E-state index contributed by atoms with van der Waals surface area (Å²) in [6.45, 7) is 0. The molecule has 146 valence electrons. The van der Waals surface area contributed by atoms with Crippen molar-refractivity contribution in [2.45, 2.75) is 5.16 Å². The number of carbonyl (C=O) groups excluding carboxylic acids is 2. The Hall–Kier alpha value is -2.95. The number of amides is 2. The van der Waals surface area contributed by atoms with Gasteiger partial charge in [-0.3, -0.25) is 14.7 Å². The third-order valence-electron chi connectivity index (χ3n) is 3.86. The van der Waals surface area contributed by atoms with Crippen LogP contribution < -0.4 is 11.1 Å². The average Bonchev–Trinajstić information content (AvgIpc) is 3.47. The Balaban J connectivity index is 1.43. The maximum atomic E-state index is 12.4. The minimum Gasteiger partial charge on any atom is -0.366 e. The van der Waals surface area contributed by atoms with Gasteiger partial charge in [-0.2, -0.15) is 0 Å². The zero-order valence-electron chi connectivity index (χ0n) is 14.9. The van der Waals surface area contributed by atoms with Crippen molar-refractivity contribution in [1.29, 1.82) is 0 Å². The zero-order valence-corrected chi connectivity index (χ0v) is 17.4. The summed E-state index contributed by atoms with van der Waals surface area (Å²) >= 11 is 4.08. The molecular formula is C19H15N5O2S3. The van der Waals surface area contributed by atoms with Crippen LogP contribution in [-0.4, -0.2) is 32.7 Å². The molecule has 0 saturated carbocycles. The van der Waals surface area contributed by atoms with Crippen molar-refractivity contribution in [2.24, 2.45) is 5.73 Å². The van der Waals surface area contributed by atoms with Crippen molar-refractivity contribution in [3.05, 3.63) is 59.5 Å². The Morgan fingerprint density at radius 2 is 1.97 bits per heavy atom. The van der Waals surface area contributed by atoms with Crippen LogP contribution in [0.3, 0.4) is 0 Å². The van der Waals surface area contributed by atoms with E-state index in [0.717, 1.165) is 15.3 Å². The van der Waals surface area contributed by atoms with E-state index in [0.29, 0.717) is 21.5 Å². The number of anilines is 1. The summed E-state index contributed by atoms with van der Waals surface area (Å²) in [5, 5.41) is 12.6. The minimum atomic E-state index is -0.582. The van der Waals surface area contributed by atoms with E-state index < -0.39 is 5.91 Å². The van der Waals surface area contributed by atoms with E-state index in [-0.39, 0.29) is 11.7 Å². The molecule has 29 heavy (non-hydrogen) atoms. The quantitative estimate of drug-likeness (QED) is 0.374. The van der Waals surface area contributed by atoms with Crippen LogP contribution in [0, 0.1) is 0 Å². The largest absolute Gasteiger partial charge is 0.366 e. The maximum Gasteiger partial charge on any atom is 0.251 e. The molecule has 0 radical (unpaired) electrons. The second kappa shape index (κ2) is 8.60. The first-order valence-corrected chi connectivity index (χ1v) is 11.2. The van der Waals surface area contributed by atoms with Crippen LogP contribution in [0.25, 0.3) is 21.1 Å². The molecule has 4 N–H and O–H groups in total. The van der Waals surface area contributed by atoms with E-state index in [4.69, 9.17) is 5.73 Å². The van der Waals surface area contributed by atoms with Gasteiger partial charge in [0.1, 0.15) is 5.00 Å². The van der Waals surface area contributed by atoms with Gasteiger partial charge in [-0.1, -0.05) is 48.2 Å². The Labute approximate surface area is 178 Å². The number of hydrogen-bond acceptors (Lipinski definition) is 7. The number of H-pyrrole nitrogens is 1. The first-order valence-electron chi connectivity index (χ1n) is 8.48. The van der Waals surface area contributed by atoms with Crippen LogP contribution in [0.15, 0.2) is 59.1 Å². The Kier molecular flexibility index (Phi) is 5.74. The standard InChI is InChI=1S/C19H15N5O2S3/c20-16(26)12-9-14(11-5-2-1-3-6-11)29-18(12)21-15(25)10-28-19-22-17(23-24-19)13-7-4-8-27-13/h1-9H,10H2,(H2,20,26)(H,21,25)(H,22,23,24). The molecule has 0 aliphatic heterocycles. The molecule has 0 bridgehead atoms. The van der Waals surface area contributed by atoms with Crippen LogP contribution in [-0.2, 0) is 4.79 Å². The van der Waals surface area contributed by atoms with Crippen LogP contribution in [0.2, 0.25) is 0 Å². The molecule has 3 heterocycles. The number of hydrogen-bond donors (Lipinski definition) is 3. The monoisotopic (exact) mass is 441 g/mol. The summed E-state index contributed by atoms with van der Waals surface area (Å²) < 4.78 is 0. The summed E-state index contributed by atoms with van der Waals surface area (Å²) in [6, 6.07) is 15.2. The Morgan fingerprint density at radius 1 is 1.14 bits per heavy atom. The minimum absolute atomic E-state index is 0.110. The summed E-state index contributed by atoms with van der Waals surface area (Å²) in [5.74, 6) is -0.0644. The Morgan fingerprint density at radius 3 is 2.69 bits per heavy atom. The molecule has 7 nitrogen and oxygen atoms in total. The van der Waals surface area contributed by atoms with Crippen molar-refractivity contribution in [3.63, 3.8) is 0 Å². The molecule has 3 aromatic heterocycles. The molecule has 10 heteroatoms. The number of thioether (sulfide) groups is 1. The van der Waals surface area contributed by atoms with E-state index in [1.165, 1.54) is 23.1 Å². The number of benzene rings is 1. The molecule has 0 aliphatic rings. The van der Waals surface area contributed by atoms with Gasteiger partial charge in [-0.05, 0) is 23.1 Å². The van der Waals surface area contributed by atoms with Gasteiger partial charge >= 0.3 is 0 Å². The van der Waals surface area contributed by atoms with Gasteiger partial charge in [0, 0.05) is 4.88 Å². The molecule has 0 aliphatic carbocycles. The molecule has 0 fully saturated rings. The van der Waals surface area contributed by atoms with Crippen LogP contribution in [0.4, 0.5) is 5.00 Å². The zero-order chi connectivity index (χ0) is 20.2. The molecule has 4 rings (SSSR count). The van der Waals surface area contributed by atoms with Crippen LogP contribution in [0.5, 0.6) is 0 Å². The fourth-order valence-corrected chi connectivity index (χ4v) is 4.89. The van der Waals surface area contributed by atoms with Gasteiger partial charge in [-0.25, -0.2) is 4.98 Å². The normalized spacial score (nSPS) is 10.8. The summed E-state index contributed by atoms with van der Waals surface area (Å²) in [7, 11) is 0. The van der Waals surface area contributed by atoms with Crippen LogP contribution in [0.1, 0.15) is 10.4 Å². The fraction of sp³-hybridized carbons (Fsp3) is 0.0526. The highest BCUT2D eigenvalue weighted by Crippen LogP contribution is 2.35. The lowest BCUT2D eigenvalue weighted by Crippen LogP contribution is -2.17. The number of aromatic nitrogens is 3. The molecule has 2 amide bonds. The molecule has 0 spiro atoms. The van der Waals surface area contributed by atoms with E-state index in [1.54, 1.807) is 17.4 Å². The second-order valence-electron chi connectivity index (χ2n) is 5.86. The lowest BCUT2D eigenvalue weighted by molar-refractivity contribution is -0.113. The predicted molar refractivity (Wildman–Crippen MR) is 117 cm³/mol. The summed E-state index contributed by atoms with van der Waals surface area (Å²) in [4.78, 5) is 30.4. The van der Waals surface area contributed by atoms with Gasteiger partial charge in [0.2, 0.25) is 11.1 Å². The van der Waals surface area contributed by atoms with E-state index in [1.807, 2.05) is 47.8 Å². The molecular weight excluding hydrogens is 426 g/mol. The molecule has 1 aromatic carbocycles. The fourth-order valence-electron chi connectivity index (χ4n) is 2.54. The van der Waals surface area contributed by atoms with Crippen LogP contribution >= 0.6 is 34.4 Å². The van der Waals surface area contributed by atoms with Gasteiger partial charge in [0.15, 0.2) is 5.82 Å². The number of aromatic amines is 1. The SMILES string of the molecule is NC(=O)c1cc(-c2ccccc2)sc1NC(=O)CSc1n[nH]c(-c2cccs2)n1. The molecule has 0 atom stereocenters. The summed E-state index contributed by atoms with van der Waals surface area (Å²) in [5.41, 5.74) is 6.74. The summed E-state index contributed by atoms with van der Waals surface area (Å²) in [6.07, 6.45) is 0. The maximum absolute atomic E-state index is 12.4. The lowest BCUT2D eigenvalue weighted by Gasteiger charge is -2.03. The molecule has 0 unspecified atom stereocenters. The van der Waals surface area contributed by atoms with Gasteiger partial charge in [0.05, 0.1) is 16.2 Å². The first kappa shape index (κ1) is 19.4. The highest BCUT2D eigenvalue weighted by Gasteiger charge is 2.17. The number of carbonyl (C=O) groups is 2. The average molecular weight is 442 g/mol. The number of primary amides is 1. The number of thiophene rings is 2. The van der Waals surface area contributed by atoms with E-state index in [2.05, 4.69) is 20.5 Å². The van der Waals surface area contributed by atoms with Gasteiger partial charge in [-0.15, -0.1) is 27.8 Å². The smallest absolute Gasteiger partial charge is 0.251 e. The van der Waals surface area contributed by atoms with Gasteiger partial charge < -0.3 is 11.1 Å². The lowest BCUT2D eigenvalue weighted by atomic mass is 10.1. The van der Waals surface area contributed by atoms with Gasteiger partial charge in [0.25, 0.3) is 5.91 Å². The highest BCUT2D eigenvalue weighted by atomic mass is 32.2. The number of nitrogens with one attached hydrogen (secondary N) is 2. The van der Waals surface area contributed by atoms with Crippen molar-refractivity contribution in [2.75, 3.05) is 11.1 Å². The topological polar surface area (TPSA) is 114 Å². The number of nitrogens with two attached hydrogens (primary N) is 1. The third kappa shape index (κ3) is 4.56. The number of rotatable bonds is 7. The second-order valence-corrected chi connectivity index (χ2v) is 8.81. The van der Waals surface area contributed by atoms with Crippen molar-refractivity contribution in [3.8, 4) is 21.1 Å². The van der Waals surface area contributed by atoms with E-state index in [9.17, 15) is 9.59 Å². The van der Waals surface area contributed by atoms with E-state index >= 15 is 0 Å². The van der Waals surface area contributed by atoms with Crippen molar-refractivity contribution in [1.82, 2.24) is 15.2 Å². The molecule has 0 saturated heterocycles. The first-order chi connectivity index (χ1) is 14.1. The van der Waals surface area contributed by atoms with Crippen molar-refractivity contribution < 1.29 is 9.59 Å². The predicted octanol–water partition coefficient (Wildman–Crippen LogP) is 4.09. The number of nitrogens with zero attached hydrogens (tertiary/aromatic N) is 2. The highest BCUT2D eigenvalue weighted by molar-refractivity contribution is 7.99. The van der Waals surface area contributed by atoms with Crippen molar-refractivity contribution >= 4 is 51.3 Å².